The molecule has 1 aromatic carbocycles. The predicted molar refractivity (Wildman–Crippen MR) is 120 cm³/mol. The zero-order valence-corrected chi connectivity index (χ0v) is 18.7. The van der Waals surface area contributed by atoms with Gasteiger partial charge in [0.25, 0.3) is 0 Å². The highest BCUT2D eigenvalue weighted by Gasteiger charge is 2.34. The summed E-state index contributed by atoms with van der Waals surface area (Å²) in [5, 5.41) is 6.26. The fraction of sp³-hybridized carbons (Fsp3) is 0.348. The quantitative estimate of drug-likeness (QED) is 0.502. The first-order valence-corrected chi connectivity index (χ1v) is 11.3. The van der Waals surface area contributed by atoms with E-state index in [1.54, 1.807) is 11.3 Å². The minimum atomic E-state index is -4.55. The van der Waals surface area contributed by atoms with Crippen LogP contribution in [0.15, 0.2) is 48.8 Å². The Morgan fingerprint density at radius 1 is 1.19 bits per heavy atom. The number of likely N-dealkylation sites (N-methyl/N-ethyl adjacent to an activating group) is 1. The van der Waals surface area contributed by atoms with Gasteiger partial charge in [-0.1, -0.05) is 19.1 Å². The van der Waals surface area contributed by atoms with Crippen LogP contribution >= 0.6 is 11.3 Å². The van der Waals surface area contributed by atoms with E-state index < -0.39 is 17.8 Å². The fourth-order valence-electron chi connectivity index (χ4n) is 4.11. The number of carbonyl (C=O) groups is 1. The first kappa shape index (κ1) is 22.4. The summed E-state index contributed by atoms with van der Waals surface area (Å²) in [5.74, 6) is 0. The Morgan fingerprint density at radius 3 is 2.59 bits per heavy atom. The summed E-state index contributed by atoms with van der Waals surface area (Å²) in [6.45, 7) is 6.79. The Bertz CT molecular complexity index is 1090. The molecule has 0 bridgehead atoms. The van der Waals surface area contributed by atoms with E-state index in [1.165, 1.54) is 28.6 Å². The molecule has 3 aromatic rings. The molecule has 0 saturated heterocycles. The van der Waals surface area contributed by atoms with E-state index in [0.29, 0.717) is 0 Å². The second-order valence-electron chi connectivity index (χ2n) is 7.80. The largest absolute Gasteiger partial charge is 0.418 e. The van der Waals surface area contributed by atoms with Gasteiger partial charge >= 0.3 is 12.2 Å². The molecule has 32 heavy (non-hydrogen) atoms. The summed E-state index contributed by atoms with van der Waals surface area (Å²) in [7, 11) is 0. The van der Waals surface area contributed by atoms with Gasteiger partial charge in [0.15, 0.2) is 0 Å². The number of halogens is 3. The number of alkyl halides is 3. The zero-order valence-electron chi connectivity index (χ0n) is 17.9. The van der Waals surface area contributed by atoms with Crippen molar-refractivity contribution in [3.05, 3.63) is 70.4 Å². The molecule has 9 heteroatoms. The lowest BCUT2D eigenvalue weighted by Gasteiger charge is -2.27. The maximum absolute atomic E-state index is 13.3. The van der Waals surface area contributed by atoms with Gasteiger partial charge in [-0.2, -0.15) is 13.2 Å². The monoisotopic (exact) mass is 462 g/mol. The van der Waals surface area contributed by atoms with Gasteiger partial charge in [-0.25, -0.2) is 4.79 Å². The van der Waals surface area contributed by atoms with Crippen molar-refractivity contribution in [2.45, 2.75) is 39.0 Å². The fourth-order valence-corrected chi connectivity index (χ4v) is 5.56. The van der Waals surface area contributed by atoms with Gasteiger partial charge in [0.05, 0.1) is 17.3 Å². The summed E-state index contributed by atoms with van der Waals surface area (Å²) in [4.78, 5) is 16.3. The van der Waals surface area contributed by atoms with E-state index in [-0.39, 0.29) is 11.7 Å². The van der Waals surface area contributed by atoms with E-state index in [9.17, 15) is 18.0 Å². The van der Waals surface area contributed by atoms with Gasteiger partial charge in [0.2, 0.25) is 0 Å². The van der Waals surface area contributed by atoms with Crippen LogP contribution in [0.3, 0.4) is 0 Å². The first-order valence-electron chi connectivity index (χ1n) is 10.5. The minimum Gasteiger partial charge on any atom is -0.331 e. The molecule has 0 aliphatic carbocycles. The molecular weight excluding hydrogens is 437 g/mol. The van der Waals surface area contributed by atoms with E-state index >= 15 is 0 Å². The molecule has 1 atom stereocenters. The maximum Gasteiger partial charge on any atom is 0.418 e. The van der Waals surface area contributed by atoms with E-state index in [1.807, 2.05) is 36.0 Å². The molecule has 1 aliphatic heterocycles. The maximum atomic E-state index is 13.3. The number of para-hydroxylation sites is 1. The molecule has 170 valence electrons. The third-order valence-corrected chi connectivity index (χ3v) is 6.95. The molecule has 2 N–H and O–H groups in total. The average molecular weight is 463 g/mol. The molecule has 5 nitrogen and oxygen atoms in total. The third kappa shape index (κ3) is 4.54. The van der Waals surface area contributed by atoms with Gasteiger partial charge in [0, 0.05) is 35.9 Å². The van der Waals surface area contributed by atoms with Crippen molar-refractivity contribution in [3.63, 3.8) is 0 Å². The van der Waals surface area contributed by atoms with Crippen LogP contribution in [-0.2, 0) is 19.1 Å². The summed E-state index contributed by atoms with van der Waals surface area (Å²) in [5.41, 5.74) is 1.12. The normalized spacial score (nSPS) is 15.3. The van der Waals surface area contributed by atoms with Gasteiger partial charge in [-0.05, 0) is 49.7 Å². The lowest BCUT2D eigenvalue weighted by Crippen LogP contribution is -2.34. The molecule has 3 heterocycles. The molecule has 0 fully saturated rings. The van der Waals surface area contributed by atoms with Crippen molar-refractivity contribution >= 4 is 23.1 Å². The van der Waals surface area contributed by atoms with Gasteiger partial charge < -0.3 is 15.2 Å². The van der Waals surface area contributed by atoms with Crippen molar-refractivity contribution in [1.82, 2.24) is 14.8 Å². The number of urea groups is 1. The average Bonchev–Trinajstić information content (AvgIpc) is 3.40. The number of hydrogen-bond acceptors (Lipinski definition) is 3. The van der Waals surface area contributed by atoms with Crippen LogP contribution in [0.2, 0.25) is 0 Å². The van der Waals surface area contributed by atoms with Crippen molar-refractivity contribution in [2.24, 2.45) is 0 Å². The smallest absolute Gasteiger partial charge is 0.331 e. The summed E-state index contributed by atoms with van der Waals surface area (Å²) < 4.78 is 41.8. The van der Waals surface area contributed by atoms with Crippen LogP contribution in [0.5, 0.6) is 0 Å². The summed E-state index contributed by atoms with van der Waals surface area (Å²) in [6.07, 6.45) is 0.255. The molecule has 1 aliphatic rings. The molecular formula is C23H25F3N4OS. The SMILES string of the molecule is CCN1CCc2c(sc(-n3cccc3)c2[C@@H](C)NC(=O)Nc2ccccc2C(F)(F)F)C1. The summed E-state index contributed by atoms with van der Waals surface area (Å²) in [6, 6.07) is 7.82. The number of hydrogen-bond donors (Lipinski definition) is 2. The van der Waals surface area contributed by atoms with Crippen LogP contribution in [0.25, 0.3) is 5.00 Å². The Balaban J connectivity index is 1.59. The molecule has 0 saturated carbocycles. The van der Waals surface area contributed by atoms with Crippen LogP contribution in [0, 0.1) is 0 Å². The van der Waals surface area contributed by atoms with Gasteiger partial charge in [-0.15, -0.1) is 11.3 Å². The Morgan fingerprint density at radius 2 is 1.91 bits per heavy atom. The number of anilines is 1. The molecule has 4 rings (SSSR count). The lowest BCUT2D eigenvalue weighted by atomic mass is 9.98. The number of carbonyl (C=O) groups excluding carboxylic acids is 1. The number of rotatable bonds is 5. The Kier molecular flexibility index (Phi) is 6.30. The lowest BCUT2D eigenvalue weighted by molar-refractivity contribution is -0.136. The van der Waals surface area contributed by atoms with Gasteiger partial charge in [0.1, 0.15) is 5.00 Å². The minimum absolute atomic E-state index is 0.263. The number of benzene rings is 1. The number of aromatic nitrogens is 1. The highest BCUT2D eigenvalue weighted by Crippen LogP contribution is 2.39. The van der Waals surface area contributed by atoms with Crippen molar-refractivity contribution in [1.29, 1.82) is 0 Å². The number of nitrogens with zero attached hydrogens (tertiary/aromatic N) is 2. The molecule has 0 spiro atoms. The molecule has 0 unspecified atom stereocenters. The van der Waals surface area contributed by atoms with Crippen LogP contribution in [0.1, 0.15) is 41.5 Å². The molecule has 2 aromatic heterocycles. The standard InChI is InChI=1S/C23H25F3N4OS/c1-3-29-13-10-16-19(14-29)32-21(30-11-6-7-12-30)20(16)15(2)27-22(31)28-18-9-5-4-8-17(18)23(24,25)26/h4-9,11-12,15H,3,10,13-14H2,1-2H3,(H2,27,28,31)/t15-/m1/s1. The van der Waals surface area contributed by atoms with E-state index in [0.717, 1.165) is 42.7 Å². The number of amides is 2. The Labute approximate surface area is 188 Å². The van der Waals surface area contributed by atoms with Crippen molar-refractivity contribution < 1.29 is 18.0 Å². The van der Waals surface area contributed by atoms with Crippen LogP contribution < -0.4 is 10.6 Å². The Hall–Kier alpha value is -2.78. The zero-order chi connectivity index (χ0) is 22.9. The topological polar surface area (TPSA) is 49.3 Å². The second kappa shape index (κ2) is 8.99. The predicted octanol–water partition coefficient (Wildman–Crippen LogP) is 5.82. The molecule has 2 amide bonds. The van der Waals surface area contributed by atoms with Crippen molar-refractivity contribution in [3.8, 4) is 5.00 Å². The molecule has 0 radical (unpaired) electrons. The van der Waals surface area contributed by atoms with Crippen LogP contribution in [0.4, 0.5) is 23.7 Å². The highest BCUT2D eigenvalue weighted by molar-refractivity contribution is 7.15. The summed E-state index contributed by atoms with van der Waals surface area (Å²) >= 11 is 1.70. The second-order valence-corrected chi connectivity index (χ2v) is 8.88. The van der Waals surface area contributed by atoms with E-state index in [4.69, 9.17) is 0 Å². The number of thiophene rings is 1. The number of nitrogens with one attached hydrogen (secondary N) is 2. The first-order chi connectivity index (χ1) is 15.3. The van der Waals surface area contributed by atoms with Crippen molar-refractivity contribution in [2.75, 3.05) is 18.4 Å². The van der Waals surface area contributed by atoms with E-state index in [2.05, 4.69) is 22.5 Å². The highest BCUT2D eigenvalue weighted by atomic mass is 32.1. The van der Waals surface area contributed by atoms with Gasteiger partial charge in [-0.3, -0.25) is 4.90 Å². The number of fused-ring (bicyclic) bond motifs is 1. The third-order valence-electron chi connectivity index (χ3n) is 5.70. The van der Waals surface area contributed by atoms with Crippen LogP contribution in [-0.4, -0.2) is 28.6 Å².